The summed E-state index contributed by atoms with van der Waals surface area (Å²) >= 11 is 0. The summed E-state index contributed by atoms with van der Waals surface area (Å²) in [6, 6.07) is 18.0. The van der Waals surface area contributed by atoms with Gasteiger partial charge >= 0.3 is 0 Å². The molecule has 174 valence electrons. The van der Waals surface area contributed by atoms with E-state index in [1.165, 1.54) is 5.56 Å². The molecule has 0 radical (unpaired) electrons. The Morgan fingerprint density at radius 2 is 1.91 bits per heavy atom. The lowest BCUT2D eigenvalue weighted by Gasteiger charge is -2.23. The number of carbonyl (C=O) groups excluding carboxylic acids is 1. The maximum atomic E-state index is 13.7. The van der Waals surface area contributed by atoms with Crippen LogP contribution in [0.25, 0.3) is 16.9 Å². The highest BCUT2D eigenvalue weighted by Crippen LogP contribution is 2.40. The number of nitrogens with zero attached hydrogens (tertiary/aromatic N) is 5. The molecule has 1 atom stereocenters. The van der Waals surface area contributed by atoms with Gasteiger partial charge in [-0.2, -0.15) is 9.78 Å². The molecule has 1 N–H and O–H groups in total. The van der Waals surface area contributed by atoms with Crippen LogP contribution in [0, 0.1) is 6.92 Å². The number of nitrogens with one attached hydrogen (secondary N) is 1. The second kappa shape index (κ2) is 9.35. The highest BCUT2D eigenvalue weighted by molar-refractivity contribution is 6.07. The smallest absolute Gasteiger partial charge is 0.252 e. The summed E-state index contributed by atoms with van der Waals surface area (Å²) in [6.45, 7) is 2.68. The Morgan fingerprint density at radius 1 is 1.15 bits per heavy atom. The molecule has 3 aromatic heterocycles. The zero-order valence-electron chi connectivity index (χ0n) is 19.9. The summed E-state index contributed by atoms with van der Waals surface area (Å²) in [4.78, 5) is 25.2. The lowest BCUT2D eigenvalue weighted by molar-refractivity contribution is 0.0931. The van der Waals surface area contributed by atoms with Crippen LogP contribution >= 0.6 is 0 Å². The second-order valence-corrected chi connectivity index (χ2v) is 9.38. The van der Waals surface area contributed by atoms with Gasteiger partial charge in [-0.3, -0.25) is 4.79 Å². The first-order valence-corrected chi connectivity index (χ1v) is 11.8. The Labute approximate surface area is 199 Å². The molecule has 0 bridgehead atoms. The molecule has 7 nitrogen and oxygen atoms in total. The van der Waals surface area contributed by atoms with Gasteiger partial charge in [-0.1, -0.05) is 36.4 Å². The van der Waals surface area contributed by atoms with Gasteiger partial charge in [-0.25, -0.2) is 9.97 Å². The van der Waals surface area contributed by atoms with Crippen LogP contribution in [0.5, 0.6) is 0 Å². The Hall–Kier alpha value is -3.58. The number of amides is 1. The zero-order chi connectivity index (χ0) is 23.7. The number of aromatic nitrogens is 4. The Balaban J connectivity index is 1.54. The van der Waals surface area contributed by atoms with Crippen LogP contribution in [0.3, 0.4) is 0 Å². The molecule has 5 rings (SSSR count). The average molecular weight is 455 g/mol. The van der Waals surface area contributed by atoms with Crippen molar-refractivity contribution in [2.24, 2.45) is 0 Å². The monoisotopic (exact) mass is 454 g/mol. The van der Waals surface area contributed by atoms with Gasteiger partial charge in [0.2, 0.25) is 0 Å². The number of benzene rings is 1. The molecule has 4 aromatic rings. The number of hydrogen-bond donors (Lipinski definition) is 1. The molecule has 7 heteroatoms. The van der Waals surface area contributed by atoms with E-state index in [4.69, 9.17) is 10.1 Å². The summed E-state index contributed by atoms with van der Waals surface area (Å²) in [5.74, 6) is 1.02. The lowest BCUT2D eigenvalue weighted by Crippen LogP contribution is -2.43. The highest BCUT2D eigenvalue weighted by Gasteiger charge is 2.29. The minimum Gasteiger partial charge on any atom is -0.348 e. The predicted octanol–water partition coefficient (Wildman–Crippen LogP) is 3.90. The van der Waals surface area contributed by atoms with Crippen LogP contribution in [0.4, 0.5) is 0 Å². The maximum absolute atomic E-state index is 13.7. The quantitative estimate of drug-likeness (QED) is 0.437. The van der Waals surface area contributed by atoms with E-state index >= 15 is 0 Å². The van der Waals surface area contributed by atoms with Gasteiger partial charge < -0.3 is 10.2 Å². The Morgan fingerprint density at radius 3 is 2.59 bits per heavy atom. The molecule has 1 aromatic carbocycles. The molecule has 3 heterocycles. The van der Waals surface area contributed by atoms with Crippen molar-refractivity contribution in [2.45, 2.75) is 38.1 Å². The van der Waals surface area contributed by atoms with E-state index in [9.17, 15) is 4.79 Å². The van der Waals surface area contributed by atoms with Crippen molar-refractivity contribution < 1.29 is 4.79 Å². The first kappa shape index (κ1) is 22.2. The molecule has 1 saturated carbocycles. The van der Waals surface area contributed by atoms with Gasteiger partial charge in [-0.15, -0.1) is 0 Å². The molecule has 34 heavy (non-hydrogen) atoms. The van der Waals surface area contributed by atoms with Crippen molar-refractivity contribution in [1.82, 2.24) is 30.0 Å². The average Bonchev–Trinajstić information content (AvgIpc) is 3.63. The third-order valence-corrected chi connectivity index (χ3v) is 6.18. The fourth-order valence-corrected chi connectivity index (χ4v) is 4.48. The lowest BCUT2D eigenvalue weighted by atomic mass is 10.0. The third kappa shape index (κ3) is 4.70. The topological polar surface area (TPSA) is 75.9 Å². The van der Waals surface area contributed by atoms with Gasteiger partial charge in [0.05, 0.1) is 16.6 Å². The summed E-state index contributed by atoms with van der Waals surface area (Å²) in [5.41, 5.74) is 4.27. The van der Waals surface area contributed by atoms with E-state index in [0.717, 1.165) is 42.6 Å². The van der Waals surface area contributed by atoms with Gasteiger partial charge in [0.25, 0.3) is 5.91 Å². The van der Waals surface area contributed by atoms with E-state index in [2.05, 4.69) is 27.3 Å². The summed E-state index contributed by atoms with van der Waals surface area (Å²) in [6.07, 6.45) is 4.72. The summed E-state index contributed by atoms with van der Waals surface area (Å²) < 4.78 is 1.76. The Bertz CT molecular complexity index is 1300. The molecule has 0 spiro atoms. The number of fused-ring (bicyclic) bond motifs is 1. The van der Waals surface area contributed by atoms with Crippen LogP contribution in [0.2, 0.25) is 0 Å². The van der Waals surface area contributed by atoms with Crippen LogP contribution in [0.1, 0.15) is 46.1 Å². The van der Waals surface area contributed by atoms with Crippen molar-refractivity contribution in [2.75, 3.05) is 20.6 Å². The van der Waals surface area contributed by atoms with Crippen LogP contribution in [-0.4, -0.2) is 57.2 Å². The van der Waals surface area contributed by atoms with Crippen molar-refractivity contribution in [3.05, 3.63) is 83.3 Å². The molecule has 1 amide bonds. The number of pyridine rings is 2. The number of likely N-dealkylation sites (N-methyl/N-ethyl adjacent to an activating group) is 1. The van der Waals surface area contributed by atoms with Crippen molar-refractivity contribution in [3.63, 3.8) is 0 Å². The number of hydrogen-bond acceptors (Lipinski definition) is 5. The first-order valence-electron chi connectivity index (χ1n) is 11.8. The minimum absolute atomic E-state index is 0.0244. The fraction of sp³-hybridized carbons (Fsp3) is 0.333. The van der Waals surface area contributed by atoms with E-state index in [-0.39, 0.29) is 11.9 Å². The molecule has 1 unspecified atom stereocenters. The summed E-state index contributed by atoms with van der Waals surface area (Å²) in [5, 5.41) is 8.82. The van der Waals surface area contributed by atoms with Crippen molar-refractivity contribution >= 4 is 16.9 Å². The first-order chi connectivity index (χ1) is 16.5. The van der Waals surface area contributed by atoms with Crippen molar-refractivity contribution in [1.29, 1.82) is 0 Å². The molecular weight excluding hydrogens is 424 g/mol. The van der Waals surface area contributed by atoms with Gasteiger partial charge in [-0.05, 0) is 64.0 Å². The highest BCUT2D eigenvalue weighted by atomic mass is 16.1. The van der Waals surface area contributed by atoms with E-state index in [1.54, 1.807) is 10.9 Å². The van der Waals surface area contributed by atoms with E-state index in [1.807, 2.05) is 63.5 Å². The molecule has 0 aliphatic heterocycles. The predicted molar refractivity (Wildman–Crippen MR) is 133 cm³/mol. The maximum Gasteiger partial charge on any atom is 0.252 e. The van der Waals surface area contributed by atoms with Crippen LogP contribution in [0.15, 0.2) is 60.8 Å². The van der Waals surface area contributed by atoms with Crippen LogP contribution in [-0.2, 0) is 6.42 Å². The third-order valence-electron chi connectivity index (χ3n) is 6.18. The van der Waals surface area contributed by atoms with E-state index < -0.39 is 0 Å². The molecule has 0 saturated heterocycles. The van der Waals surface area contributed by atoms with Gasteiger partial charge in [0.1, 0.15) is 0 Å². The number of carbonyl (C=O) groups is 1. The van der Waals surface area contributed by atoms with Crippen molar-refractivity contribution in [3.8, 4) is 5.82 Å². The summed E-state index contributed by atoms with van der Waals surface area (Å²) in [7, 11) is 4.06. The minimum atomic E-state index is -0.0826. The van der Waals surface area contributed by atoms with Gasteiger partial charge in [0.15, 0.2) is 11.5 Å². The number of aryl methyl sites for hydroxylation is 1. The molecular formula is C27H30N6O. The number of rotatable bonds is 8. The van der Waals surface area contributed by atoms with E-state index in [0.29, 0.717) is 22.9 Å². The largest absolute Gasteiger partial charge is 0.348 e. The molecule has 1 aliphatic rings. The van der Waals surface area contributed by atoms with Crippen LogP contribution < -0.4 is 5.32 Å². The zero-order valence-corrected chi connectivity index (χ0v) is 19.9. The van der Waals surface area contributed by atoms with Gasteiger partial charge in [0, 0.05) is 30.4 Å². The SMILES string of the molecule is Cc1nn(-c2ccccn2)c2nc(C3CC3)cc(C(=O)NC(Cc3ccccc3)CN(C)C)c12. The standard InChI is InChI=1S/C27H30N6O/c1-18-25-22(27(34)29-21(17-32(2)3)15-19-9-5-4-6-10-19)16-23(20-12-13-20)30-26(25)33(31-18)24-11-7-8-14-28-24/h4-11,14,16,20-21H,12-13,15,17H2,1-3H3,(H,29,34). The molecule has 1 aliphatic carbocycles. The molecule has 1 fully saturated rings. The second-order valence-electron chi connectivity index (χ2n) is 9.38. The fourth-order valence-electron chi connectivity index (χ4n) is 4.48. The normalized spacial score (nSPS) is 14.5. The Kier molecular flexibility index (Phi) is 6.11.